The van der Waals surface area contributed by atoms with Crippen LogP contribution in [0.1, 0.15) is 41.9 Å². The molecule has 0 atom stereocenters. The second kappa shape index (κ2) is 10.3. The van der Waals surface area contributed by atoms with Crippen LogP contribution in [0.4, 0.5) is 0 Å². The molecule has 1 fully saturated rings. The highest BCUT2D eigenvalue weighted by atomic mass is 32.1. The first-order valence-corrected chi connectivity index (χ1v) is 10.7. The molecular formula is C21H30N4O2S. The molecule has 3 rings (SSSR count). The number of aromatic nitrogens is 1. The van der Waals surface area contributed by atoms with Crippen molar-refractivity contribution in [1.29, 1.82) is 0 Å². The van der Waals surface area contributed by atoms with E-state index in [1.54, 1.807) is 25.5 Å². The molecule has 28 heavy (non-hydrogen) atoms. The van der Waals surface area contributed by atoms with Crippen LogP contribution in [0, 0.1) is 6.92 Å². The average Bonchev–Trinajstić information content (AvgIpc) is 3.37. The van der Waals surface area contributed by atoms with Crippen LogP contribution in [0.3, 0.4) is 0 Å². The predicted octanol–water partition coefficient (Wildman–Crippen LogP) is 3.69. The van der Waals surface area contributed by atoms with Crippen LogP contribution >= 0.6 is 11.3 Å². The van der Waals surface area contributed by atoms with Gasteiger partial charge in [0.25, 0.3) is 0 Å². The number of thiazole rings is 1. The summed E-state index contributed by atoms with van der Waals surface area (Å²) in [4.78, 5) is 8.81. The van der Waals surface area contributed by atoms with Gasteiger partial charge in [-0.05, 0) is 44.7 Å². The summed E-state index contributed by atoms with van der Waals surface area (Å²) in [6, 6.07) is 6.01. The monoisotopic (exact) mass is 402 g/mol. The lowest BCUT2D eigenvalue weighted by Gasteiger charge is -2.18. The Labute approximate surface area is 171 Å². The lowest BCUT2D eigenvalue weighted by Crippen LogP contribution is -2.38. The molecule has 2 aromatic rings. The third-order valence-corrected chi connectivity index (χ3v) is 5.70. The van der Waals surface area contributed by atoms with Crippen LogP contribution in [0.2, 0.25) is 0 Å². The van der Waals surface area contributed by atoms with Crippen LogP contribution in [0.15, 0.2) is 28.6 Å². The zero-order valence-electron chi connectivity index (χ0n) is 17.0. The van der Waals surface area contributed by atoms with Crippen LogP contribution in [-0.2, 0) is 13.0 Å². The van der Waals surface area contributed by atoms with Gasteiger partial charge < -0.3 is 20.1 Å². The number of ether oxygens (including phenoxy) is 2. The number of nitrogens with zero attached hydrogens (tertiary/aromatic N) is 2. The molecule has 7 heteroatoms. The number of benzene rings is 1. The second-order valence-corrected chi connectivity index (χ2v) is 8.02. The van der Waals surface area contributed by atoms with Crippen molar-refractivity contribution >= 4 is 17.3 Å². The third kappa shape index (κ3) is 5.86. The van der Waals surface area contributed by atoms with Crippen molar-refractivity contribution in [2.24, 2.45) is 4.99 Å². The van der Waals surface area contributed by atoms with Gasteiger partial charge in [0, 0.05) is 43.6 Å². The van der Waals surface area contributed by atoms with E-state index in [1.165, 1.54) is 12.8 Å². The number of hydrogen-bond donors (Lipinski definition) is 2. The molecule has 1 aromatic carbocycles. The Morgan fingerprint density at radius 2 is 2.11 bits per heavy atom. The summed E-state index contributed by atoms with van der Waals surface area (Å²) in [6.45, 7) is 3.46. The first-order chi connectivity index (χ1) is 13.7. The number of nitrogens with one attached hydrogen (secondary N) is 2. The van der Waals surface area contributed by atoms with E-state index in [-0.39, 0.29) is 0 Å². The molecule has 0 bridgehead atoms. The van der Waals surface area contributed by atoms with E-state index >= 15 is 0 Å². The molecule has 0 amide bonds. The number of rotatable bonds is 8. The first-order valence-electron chi connectivity index (χ1n) is 9.87. The minimum Gasteiger partial charge on any atom is -0.497 e. The number of aryl methyl sites for hydroxylation is 1. The molecule has 1 heterocycles. The van der Waals surface area contributed by atoms with Gasteiger partial charge >= 0.3 is 0 Å². The molecule has 1 aliphatic carbocycles. The lowest BCUT2D eigenvalue weighted by molar-refractivity contribution is 0.207. The summed E-state index contributed by atoms with van der Waals surface area (Å²) in [5.74, 6) is 2.49. The fraction of sp³-hybridized carbons (Fsp3) is 0.524. The van der Waals surface area contributed by atoms with Crippen molar-refractivity contribution in [1.82, 2.24) is 15.6 Å². The fourth-order valence-corrected chi connectivity index (χ4v) is 3.98. The van der Waals surface area contributed by atoms with E-state index in [0.717, 1.165) is 59.5 Å². The molecular weight excluding hydrogens is 372 g/mol. The fourth-order valence-electron chi connectivity index (χ4n) is 3.33. The summed E-state index contributed by atoms with van der Waals surface area (Å²) in [7, 11) is 3.47. The summed E-state index contributed by atoms with van der Waals surface area (Å²) in [5, 5.41) is 9.94. The maximum Gasteiger partial charge on any atom is 0.191 e. The molecule has 0 aliphatic heterocycles. The maximum atomic E-state index is 6.27. The Kier molecular flexibility index (Phi) is 7.54. The predicted molar refractivity (Wildman–Crippen MR) is 115 cm³/mol. The summed E-state index contributed by atoms with van der Waals surface area (Å²) >= 11 is 1.69. The molecule has 2 N–H and O–H groups in total. The second-order valence-electron chi connectivity index (χ2n) is 6.96. The topological polar surface area (TPSA) is 67.8 Å². The Hall–Kier alpha value is -2.28. The van der Waals surface area contributed by atoms with E-state index in [0.29, 0.717) is 12.6 Å². The molecule has 0 radical (unpaired) electrons. The maximum absolute atomic E-state index is 6.27. The molecule has 152 valence electrons. The van der Waals surface area contributed by atoms with Gasteiger partial charge in [0.1, 0.15) is 11.5 Å². The first kappa shape index (κ1) is 20.5. The van der Waals surface area contributed by atoms with Crippen LogP contribution in [0.25, 0.3) is 0 Å². The average molecular weight is 403 g/mol. The number of methoxy groups -OCH3 is 1. The Bertz CT molecular complexity index is 784. The number of hydrogen-bond acceptors (Lipinski definition) is 5. The molecule has 1 aliphatic rings. The lowest BCUT2D eigenvalue weighted by atomic mass is 10.2. The molecule has 6 nitrogen and oxygen atoms in total. The standard InChI is InChI=1S/C21H30N4O2S/c1-15-25-17(14-28-15)10-11-23-21(22-2)24-13-16-8-9-19(26-3)12-20(16)27-18-6-4-5-7-18/h8-9,12,14,18H,4-7,10-11,13H2,1-3H3,(H2,22,23,24). The highest BCUT2D eigenvalue weighted by Gasteiger charge is 2.18. The van der Waals surface area contributed by atoms with Crippen molar-refractivity contribution in [3.8, 4) is 11.5 Å². The van der Waals surface area contributed by atoms with Crippen LogP contribution in [-0.4, -0.2) is 37.7 Å². The van der Waals surface area contributed by atoms with Crippen LogP contribution in [0.5, 0.6) is 11.5 Å². The van der Waals surface area contributed by atoms with Gasteiger partial charge in [-0.25, -0.2) is 4.98 Å². The Morgan fingerprint density at radius 3 is 2.79 bits per heavy atom. The van der Waals surface area contributed by atoms with Gasteiger partial charge in [0.15, 0.2) is 5.96 Å². The minimum absolute atomic E-state index is 0.310. The van der Waals surface area contributed by atoms with Gasteiger partial charge in [0.05, 0.1) is 23.9 Å². The molecule has 1 aromatic heterocycles. The van der Waals surface area contributed by atoms with Crippen molar-refractivity contribution in [3.63, 3.8) is 0 Å². The molecule has 0 unspecified atom stereocenters. The van der Waals surface area contributed by atoms with Gasteiger partial charge in [-0.2, -0.15) is 0 Å². The van der Waals surface area contributed by atoms with Gasteiger partial charge in [-0.3, -0.25) is 4.99 Å². The van der Waals surface area contributed by atoms with Gasteiger partial charge in [0.2, 0.25) is 0 Å². The Morgan fingerprint density at radius 1 is 1.29 bits per heavy atom. The highest BCUT2D eigenvalue weighted by Crippen LogP contribution is 2.29. The zero-order valence-corrected chi connectivity index (χ0v) is 17.8. The summed E-state index contributed by atoms with van der Waals surface area (Å²) < 4.78 is 11.6. The van der Waals surface area contributed by atoms with Gasteiger partial charge in [-0.1, -0.05) is 0 Å². The minimum atomic E-state index is 0.310. The third-order valence-electron chi connectivity index (χ3n) is 4.88. The van der Waals surface area contributed by atoms with Crippen LogP contribution < -0.4 is 20.1 Å². The number of guanidine groups is 1. The number of aliphatic imine (C=N–C) groups is 1. The van der Waals surface area contributed by atoms with E-state index in [4.69, 9.17) is 9.47 Å². The molecule has 0 spiro atoms. The largest absolute Gasteiger partial charge is 0.497 e. The van der Waals surface area contributed by atoms with Crippen molar-refractivity contribution < 1.29 is 9.47 Å². The summed E-state index contributed by atoms with van der Waals surface area (Å²) in [5.41, 5.74) is 2.22. The van der Waals surface area contributed by atoms with E-state index in [2.05, 4.69) is 32.1 Å². The normalized spacial score (nSPS) is 14.9. The van der Waals surface area contributed by atoms with Crippen molar-refractivity contribution in [2.45, 2.75) is 51.7 Å². The van der Waals surface area contributed by atoms with E-state index in [9.17, 15) is 0 Å². The zero-order chi connectivity index (χ0) is 19.8. The highest BCUT2D eigenvalue weighted by molar-refractivity contribution is 7.09. The van der Waals surface area contributed by atoms with Gasteiger partial charge in [-0.15, -0.1) is 11.3 Å². The Balaban J connectivity index is 1.55. The van der Waals surface area contributed by atoms with E-state index < -0.39 is 0 Å². The smallest absolute Gasteiger partial charge is 0.191 e. The molecule has 0 saturated heterocycles. The summed E-state index contributed by atoms with van der Waals surface area (Å²) in [6.07, 6.45) is 5.94. The van der Waals surface area contributed by atoms with Crippen molar-refractivity contribution in [2.75, 3.05) is 20.7 Å². The molecule has 1 saturated carbocycles. The van der Waals surface area contributed by atoms with E-state index in [1.807, 2.05) is 19.1 Å². The SMILES string of the molecule is CN=C(NCCc1csc(C)n1)NCc1ccc(OC)cc1OC1CCCC1. The quantitative estimate of drug-likeness (QED) is 0.521. The van der Waals surface area contributed by atoms with Crippen molar-refractivity contribution in [3.05, 3.63) is 39.8 Å².